The average molecular weight is 545 g/mol. The Labute approximate surface area is 225 Å². The Morgan fingerprint density at radius 2 is 1.52 bits per heavy atom. The highest BCUT2D eigenvalue weighted by Gasteiger charge is 2.23. The van der Waals surface area contributed by atoms with Crippen LogP contribution in [0.3, 0.4) is 0 Å². The number of aryl methyl sites for hydroxylation is 1. The van der Waals surface area contributed by atoms with Crippen LogP contribution in [0.2, 0.25) is 0 Å². The molecule has 14 nitrogen and oxygen atoms in total. The lowest BCUT2D eigenvalue weighted by Gasteiger charge is -2.12. The molecular weight excluding hydrogens is 520 g/mol. The Morgan fingerprint density at radius 3 is 2.15 bits per heavy atom. The quantitative estimate of drug-likeness (QED) is 0.277. The van der Waals surface area contributed by atoms with Gasteiger partial charge in [0.2, 0.25) is 0 Å². The van der Waals surface area contributed by atoms with Crippen LogP contribution >= 0.6 is 0 Å². The van der Waals surface area contributed by atoms with Crippen molar-refractivity contribution in [1.82, 2.24) is 39.3 Å². The number of hydrogen-bond donors (Lipinski definition) is 1. The van der Waals surface area contributed by atoms with E-state index in [2.05, 4.69) is 30.3 Å². The van der Waals surface area contributed by atoms with Gasteiger partial charge in [0.1, 0.15) is 18.9 Å². The molecular formula is C26H24N8O6. The van der Waals surface area contributed by atoms with Gasteiger partial charge in [0.05, 0.1) is 14.2 Å². The van der Waals surface area contributed by atoms with Gasteiger partial charge in [-0.3, -0.25) is 19.0 Å². The van der Waals surface area contributed by atoms with Crippen molar-refractivity contribution in [1.29, 1.82) is 0 Å². The molecule has 40 heavy (non-hydrogen) atoms. The third-order valence-electron chi connectivity index (χ3n) is 6.47. The Morgan fingerprint density at radius 1 is 0.875 bits per heavy atom. The number of aromatic nitrogens is 8. The van der Waals surface area contributed by atoms with E-state index in [-0.39, 0.29) is 17.7 Å². The molecule has 1 N–H and O–H groups in total. The number of esters is 2. The van der Waals surface area contributed by atoms with Gasteiger partial charge in [-0.25, -0.2) is 19.4 Å². The number of benzene rings is 2. The summed E-state index contributed by atoms with van der Waals surface area (Å²) in [6.45, 7) is 0.816. The third-order valence-corrected chi connectivity index (χ3v) is 6.47. The van der Waals surface area contributed by atoms with Gasteiger partial charge in [-0.15, -0.1) is 5.10 Å². The Balaban J connectivity index is 1.57. The second kappa shape index (κ2) is 10.8. The molecule has 0 aliphatic heterocycles. The van der Waals surface area contributed by atoms with Crippen LogP contribution in [0.1, 0.15) is 11.4 Å². The minimum atomic E-state index is -0.872. The standard InChI is InChI=1S/C26H24N8O6/c1-15-27-24-22(25(37)34(14-21(36)40-3)26(38)33(24)13-20(35)39-2)32(15)12-16-8-10-17(11-9-16)18-6-4-5-7-19(18)23-28-30-31-29-23/h4-11H,12-14H2,1-3H3,(H,28,29,30,31). The lowest BCUT2D eigenvalue weighted by atomic mass is 9.98. The third kappa shape index (κ3) is 4.77. The van der Waals surface area contributed by atoms with Crippen LogP contribution in [0.5, 0.6) is 0 Å². The molecule has 0 fully saturated rings. The number of carbonyl (C=O) groups is 2. The van der Waals surface area contributed by atoms with Crippen LogP contribution in [0.4, 0.5) is 0 Å². The van der Waals surface area contributed by atoms with E-state index in [1.807, 2.05) is 48.5 Å². The fourth-order valence-electron chi connectivity index (χ4n) is 4.45. The number of ether oxygens (including phenoxy) is 2. The zero-order valence-electron chi connectivity index (χ0n) is 21.8. The smallest absolute Gasteiger partial charge is 0.333 e. The highest BCUT2D eigenvalue weighted by atomic mass is 16.5. The predicted octanol–water partition coefficient (Wildman–Crippen LogP) is 0.910. The van der Waals surface area contributed by atoms with E-state index in [1.165, 1.54) is 7.11 Å². The molecule has 0 spiro atoms. The van der Waals surface area contributed by atoms with Crippen molar-refractivity contribution >= 4 is 23.1 Å². The van der Waals surface area contributed by atoms with Crippen molar-refractivity contribution < 1.29 is 19.1 Å². The van der Waals surface area contributed by atoms with E-state index in [1.54, 1.807) is 11.5 Å². The molecule has 0 amide bonds. The van der Waals surface area contributed by atoms with Gasteiger partial charge < -0.3 is 14.0 Å². The molecule has 5 aromatic rings. The van der Waals surface area contributed by atoms with Crippen LogP contribution in [-0.2, 0) is 38.7 Å². The van der Waals surface area contributed by atoms with E-state index >= 15 is 0 Å². The van der Waals surface area contributed by atoms with Gasteiger partial charge in [0, 0.05) is 12.1 Å². The van der Waals surface area contributed by atoms with Crippen molar-refractivity contribution in [3.63, 3.8) is 0 Å². The van der Waals surface area contributed by atoms with Gasteiger partial charge in [0.15, 0.2) is 17.0 Å². The topological polar surface area (TPSA) is 169 Å². The number of aromatic amines is 1. The first-order chi connectivity index (χ1) is 19.3. The van der Waals surface area contributed by atoms with Crippen molar-refractivity contribution in [3.05, 3.63) is 80.8 Å². The van der Waals surface area contributed by atoms with Crippen LogP contribution in [0, 0.1) is 6.92 Å². The highest BCUT2D eigenvalue weighted by Crippen LogP contribution is 2.30. The first-order valence-electron chi connectivity index (χ1n) is 12.1. The average Bonchev–Trinajstić information content (AvgIpc) is 3.62. The van der Waals surface area contributed by atoms with Gasteiger partial charge in [-0.2, -0.15) is 0 Å². The predicted molar refractivity (Wildman–Crippen MR) is 141 cm³/mol. The van der Waals surface area contributed by atoms with Gasteiger partial charge >= 0.3 is 17.6 Å². The van der Waals surface area contributed by atoms with E-state index in [9.17, 15) is 19.2 Å². The number of imidazole rings is 1. The number of fused-ring (bicyclic) bond motifs is 1. The minimum Gasteiger partial charge on any atom is -0.468 e. The summed E-state index contributed by atoms with van der Waals surface area (Å²) < 4.78 is 12.8. The zero-order valence-corrected chi connectivity index (χ0v) is 21.8. The van der Waals surface area contributed by atoms with Crippen molar-refractivity contribution in [3.8, 4) is 22.5 Å². The fourth-order valence-corrected chi connectivity index (χ4v) is 4.45. The number of nitrogens with one attached hydrogen (secondary N) is 1. The van der Waals surface area contributed by atoms with Gasteiger partial charge in [-0.05, 0) is 34.0 Å². The second-order valence-corrected chi connectivity index (χ2v) is 8.82. The largest absolute Gasteiger partial charge is 0.468 e. The fraction of sp³-hybridized carbons (Fsp3) is 0.231. The molecule has 5 rings (SSSR count). The number of nitrogens with zero attached hydrogens (tertiary/aromatic N) is 7. The molecule has 3 heterocycles. The molecule has 0 unspecified atom stereocenters. The molecule has 0 saturated heterocycles. The van der Waals surface area contributed by atoms with Crippen molar-refractivity contribution in [2.24, 2.45) is 0 Å². The monoisotopic (exact) mass is 544 g/mol. The number of hydrogen-bond acceptors (Lipinski definition) is 10. The van der Waals surface area contributed by atoms with Gasteiger partial charge in [-0.1, -0.05) is 48.5 Å². The Hall–Kier alpha value is -5.40. The summed E-state index contributed by atoms with van der Waals surface area (Å²) in [6.07, 6.45) is 0. The van der Waals surface area contributed by atoms with Crippen LogP contribution in [0.15, 0.2) is 58.1 Å². The van der Waals surface area contributed by atoms with Crippen LogP contribution in [-0.4, -0.2) is 65.5 Å². The second-order valence-electron chi connectivity index (χ2n) is 8.82. The van der Waals surface area contributed by atoms with Crippen LogP contribution in [0.25, 0.3) is 33.7 Å². The lowest BCUT2D eigenvalue weighted by molar-refractivity contribution is -0.141. The molecule has 0 bridgehead atoms. The van der Waals surface area contributed by atoms with Crippen molar-refractivity contribution in [2.45, 2.75) is 26.6 Å². The SMILES string of the molecule is COC(=O)Cn1c(=O)c2c(nc(C)n2Cc2ccc(-c3ccccc3-c3nnn[nH]3)cc2)n(CC(=O)OC)c1=O. The summed E-state index contributed by atoms with van der Waals surface area (Å²) in [4.78, 5) is 55.1. The summed E-state index contributed by atoms with van der Waals surface area (Å²) in [5.41, 5.74) is 2.02. The highest BCUT2D eigenvalue weighted by molar-refractivity contribution is 5.80. The summed E-state index contributed by atoms with van der Waals surface area (Å²) in [7, 11) is 2.33. The summed E-state index contributed by atoms with van der Waals surface area (Å²) in [5.74, 6) is -0.520. The molecule has 2 aromatic carbocycles. The molecule has 0 aliphatic rings. The molecule has 0 radical (unpaired) electrons. The van der Waals surface area contributed by atoms with E-state index < -0.39 is 36.3 Å². The Kier molecular flexibility index (Phi) is 7.05. The van der Waals surface area contributed by atoms with Gasteiger partial charge in [0.25, 0.3) is 5.56 Å². The van der Waals surface area contributed by atoms with E-state index in [4.69, 9.17) is 4.74 Å². The molecule has 0 aliphatic carbocycles. The van der Waals surface area contributed by atoms with Crippen LogP contribution < -0.4 is 11.2 Å². The lowest BCUT2D eigenvalue weighted by Crippen LogP contribution is -2.43. The molecule has 204 valence electrons. The molecule has 3 aromatic heterocycles. The van der Waals surface area contributed by atoms with E-state index in [0.717, 1.165) is 38.5 Å². The maximum atomic E-state index is 13.5. The number of rotatable bonds is 8. The zero-order chi connectivity index (χ0) is 28.4. The number of methoxy groups -OCH3 is 2. The molecule has 0 saturated carbocycles. The normalized spacial score (nSPS) is 11.1. The summed E-state index contributed by atoms with van der Waals surface area (Å²) in [5, 5.41) is 14.1. The van der Waals surface area contributed by atoms with E-state index in [0.29, 0.717) is 11.6 Å². The number of carbonyl (C=O) groups excluding carboxylic acids is 2. The number of H-pyrrole nitrogens is 1. The Bertz CT molecular complexity index is 1830. The maximum absolute atomic E-state index is 13.5. The van der Waals surface area contributed by atoms with Crippen molar-refractivity contribution in [2.75, 3.05) is 14.2 Å². The first kappa shape index (κ1) is 26.2. The number of tetrazole rings is 1. The maximum Gasteiger partial charge on any atom is 0.333 e. The molecule has 14 heteroatoms. The minimum absolute atomic E-state index is 0.0187. The summed E-state index contributed by atoms with van der Waals surface area (Å²) in [6, 6.07) is 15.4. The summed E-state index contributed by atoms with van der Waals surface area (Å²) >= 11 is 0. The first-order valence-corrected chi connectivity index (χ1v) is 12.1. The molecule has 0 atom stereocenters.